The van der Waals surface area contributed by atoms with Gasteiger partial charge < -0.3 is 19.5 Å². The van der Waals surface area contributed by atoms with Crippen LogP contribution < -0.4 is 19.5 Å². The van der Waals surface area contributed by atoms with E-state index in [9.17, 15) is 13.6 Å². The number of benzene rings is 3. The van der Waals surface area contributed by atoms with E-state index in [1.165, 1.54) is 44.7 Å². The largest absolute Gasteiger partial charge is 0.493 e. The number of pyridine rings is 1. The van der Waals surface area contributed by atoms with Gasteiger partial charge in [-0.05, 0) is 48.0 Å². The average Bonchev–Trinajstić information content (AvgIpc) is 2.83. The highest BCUT2D eigenvalue weighted by molar-refractivity contribution is 5.94. The summed E-state index contributed by atoms with van der Waals surface area (Å²) in [5.41, 5.74) is 1.37. The van der Waals surface area contributed by atoms with E-state index in [-0.39, 0.29) is 17.9 Å². The first-order valence-electron chi connectivity index (χ1n) is 9.99. The van der Waals surface area contributed by atoms with Gasteiger partial charge in [0, 0.05) is 29.8 Å². The van der Waals surface area contributed by atoms with Gasteiger partial charge in [0.25, 0.3) is 5.91 Å². The number of halogens is 2. The van der Waals surface area contributed by atoms with Gasteiger partial charge in [0.1, 0.15) is 11.6 Å². The summed E-state index contributed by atoms with van der Waals surface area (Å²) in [5.74, 6) is -0.310. The Kier molecular flexibility index (Phi) is 6.35. The van der Waals surface area contributed by atoms with Crippen LogP contribution >= 0.6 is 0 Å². The molecule has 168 valence electrons. The normalized spacial score (nSPS) is 10.7. The summed E-state index contributed by atoms with van der Waals surface area (Å²) < 4.78 is 44.3. The maximum absolute atomic E-state index is 14.5. The minimum atomic E-state index is -0.637. The third-order valence-corrected chi connectivity index (χ3v) is 4.96. The molecule has 0 radical (unpaired) electrons. The van der Waals surface area contributed by atoms with Gasteiger partial charge in [0.2, 0.25) is 0 Å². The van der Waals surface area contributed by atoms with Crippen LogP contribution in [0.1, 0.15) is 15.9 Å². The Hall–Kier alpha value is -4.20. The van der Waals surface area contributed by atoms with Gasteiger partial charge in [-0.15, -0.1) is 0 Å². The molecule has 0 aliphatic heterocycles. The lowest BCUT2D eigenvalue weighted by Gasteiger charge is -2.13. The molecule has 0 saturated carbocycles. The fourth-order valence-corrected chi connectivity index (χ4v) is 3.31. The molecule has 0 atom stereocenters. The number of hydrogen-bond donors (Lipinski definition) is 1. The van der Waals surface area contributed by atoms with E-state index in [0.29, 0.717) is 33.7 Å². The number of amides is 1. The van der Waals surface area contributed by atoms with Crippen molar-refractivity contribution in [2.45, 2.75) is 6.54 Å². The SMILES string of the molecule is COc1cc2nccc(Oc3cc(C(=O)NCc4cccc(F)c4)ccc3F)c2cc1OC. The molecule has 0 saturated heterocycles. The zero-order valence-electron chi connectivity index (χ0n) is 17.9. The van der Waals surface area contributed by atoms with Gasteiger partial charge in [-0.1, -0.05) is 12.1 Å². The highest BCUT2D eigenvalue weighted by Crippen LogP contribution is 2.37. The van der Waals surface area contributed by atoms with Gasteiger partial charge in [-0.2, -0.15) is 0 Å². The maximum Gasteiger partial charge on any atom is 0.251 e. The van der Waals surface area contributed by atoms with Crippen molar-refractivity contribution in [2.75, 3.05) is 14.2 Å². The number of hydrogen-bond acceptors (Lipinski definition) is 5. The second kappa shape index (κ2) is 9.52. The molecule has 1 N–H and O–H groups in total. The molecule has 0 aliphatic rings. The fourth-order valence-electron chi connectivity index (χ4n) is 3.31. The molecular formula is C25H20F2N2O4. The molecule has 1 aromatic heterocycles. The molecule has 4 rings (SSSR count). The van der Waals surface area contributed by atoms with Crippen molar-refractivity contribution in [1.82, 2.24) is 10.3 Å². The Labute approximate surface area is 188 Å². The van der Waals surface area contributed by atoms with Crippen LogP contribution in [0.25, 0.3) is 10.9 Å². The molecule has 0 aliphatic carbocycles. The van der Waals surface area contributed by atoms with Crippen LogP contribution in [-0.2, 0) is 6.54 Å². The molecule has 33 heavy (non-hydrogen) atoms. The van der Waals surface area contributed by atoms with Crippen LogP contribution in [0, 0.1) is 11.6 Å². The smallest absolute Gasteiger partial charge is 0.251 e. The topological polar surface area (TPSA) is 69.7 Å². The van der Waals surface area contributed by atoms with Crippen LogP contribution in [0.3, 0.4) is 0 Å². The van der Waals surface area contributed by atoms with Gasteiger partial charge >= 0.3 is 0 Å². The first kappa shape index (κ1) is 22.0. The summed E-state index contributed by atoms with van der Waals surface area (Å²) in [4.78, 5) is 16.9. The number of carbonyl (C=O) groups is 1. The Bertz CT molecular complexity index is 1330. The monoisotopic (exact) mass is 450 g/mol. The number of fused-ring (bicyclic) bond motifs is 1. The number of methoxy groups -OCH3 is 2. The van der Waals surface area contributed by atoms with E-state index in [1.807, 2.05) is 0 Å². The summed E-state index contributed by atoms with van der Waals surface area (Å²) >= 11 is 0. The number of rotatable bonds is 7. The Morgan fingerprint density at radius 3 is 2.45 bits per heavy atom. The summed E-state index contributed by atoms with van der Waals surface area (Å²) in [6.45, 7) is 0.126. The van der Waals surface area contributed by atoms with Crippen molar-refractivity contribution in [3.8, 4) is 23.0 Å². The van der Waals surface area contributed by atoms with Crippen molar-refractivity contribution in [3.05, 3.63) is 89.6 Å². The van der Waals surface area contributed by atoms with E-state index >= 15 is 0 Å². The van der Waals surface area contributed by atoms with Crippen molar-refractivity contribution >= 4 is 16.8 Å². The Morgan fingerprint density at radius 2 is 1.70 bits per heavy atom. The third-order valence-electron chi connectivity index (χ3n) is 4.96. The molecule has 3 aromatic carbocycles. The minimum absolute atomic E-state index is 0.126. The Morgan fingerprint density at radius 1 is 0.909 bits per heavy atom. The molecule has 6 nitrogen and oxygen atoms in total. The molecular weight excluding hydrogens is 430 g/mol. The predicted octanol–water partition coefficient (Wildman–Crippen LogP) is 5.25. The molecule has 4 aromatic rings. The van der Waals surface area contributed by atoms with E-state index in [0.717, 1.165) is 6.07 Å². The minimum Gasteiger partial charge on any atom is -0.493 e. The number of nitrogens with zero attached hydrogens (tertiary/aromatic N) is 1. The van der Waals surface area contributed by atoms with Crippen molar-refractivity contribution in [1.29, 1.82) is 0 Å². The number of carbonyl (C=O) groups excluding carboxylic acids is 1. The molecule has 8 heteroatoms. The zero-order valence-corrected chi connectivity index (χ0v) is 17.9. The molecule has 1 amide bonds. The number of aromatic nitrogens is 1. The van der Waals surface area contributed by atoms with Crippen LogP contribution in [0.15, 0.2) is 66.9 Å². The maximum atomic E-state index is 14.5. The van der Waals surface area contributed by atoms with Crippen LogP contribution in [-0.4, -0.2) is 25.1 Å². The first-order chi connectivity index (χ1) is 16.0. The summed E-state index contributed by atoms with van der Waals surface area (Å²) in [7, 11) is 3.02. The molecule has 0 fully saturated rings. The molecule has 0 spiro atoms. The summed E-state index contributed by atoms with van der Waals surface area (Å²) in [6, 6.07) is 14.7. The lowest BCUT2D eigenvalue weighted by Crippen LogP contribution is -2.22. The number of ether oxygens (including phenoxy) is 3. The van der Waals surface area contributed by atoms with Crippen molar-refractivity contribution in [3.63, 3.8) is 0 Å². The molecule has 1 heterocycles. The lowest BCUT2D eigenvalue weighted by molar-refractivity contribution is 0.0950. The lowest BCUT2D eigenvalue weighted by atomic mass is 10.1. The average molecular weight is 450 g/mol. The van der Waals surface area contributed by atoms with E-state index in [2.05, 4.69) is 10.3 Å². The second-order valence-electron chi connectivity index (χ2n) is 7.09. The van der Waals surface area contributed by atoms with Gasteiger partial charge in [-0.3, -0.25) is 9.78 Å². The summed E-state index contributed by atoms with van der Waals surface area (Å²) in [6.07, 6.45) is 1.52. The second-order valence-corrected chi connectivity index (χ2v) is 7.09. The third kappa shape index (κ3) is 4.85. The molecule has 0 bridgehead atoms. The molecule has 0 unspecified atom stereocenters. The zero-order chi connectivity index (χ0) is 23.4. The Balaban J connectivity index is 1.59. The van der Waals surface area contributed by atoms with E-state index < -0.39 is 17.5 Å². The van der Waals surface area contributed by atoms with Crippen LogP contribution in [0.4, 0.5) is 8.78 Å². The highest BCUT2D eigenvalue weighted by Gasteiger charge is 2.15. The van der Waals surface area contributed by atoms with Crippen LogP contribution in [0.5, 0.6) is 23.0 Å². The van der Waals surface area contributed by atoms with E-state index in [4.69, 9.17) is 14.2 Å². The van der Waals surface area contributed by atoms with Crippen molar-refractivity contribution in [2.24, 2.45) is 0 Å². The standard InChI is InChI=1S/C25H20F2N2O4/c1-31-23-12-18-20(13-24(23)32-2)28-9-8-21(18)33-22-11-16(6-7-19(22)27)25(30)29-14-15-4-3-5-17(26)10-15/h3-13H,14H2,1-2H3,(H,29,30). The first-order valence-corrected chi connectivity index (χ1v) is 9.99. The number of nitrogens with one attached hydrogen (secondary N) is 1. The van der Waals surface area contributed by atoms with Gasteiger partial charge in [-0.25, -0.2) is 8.78 Å². The van der Waals surface area contributed by atoms with Crippen molar-refractivity contribution < 1.29 is 27.8 Å². The predicted molar refractivity (Wildman–Crippen MR) is 119 cm³/mol. The highest BCUT2D eigenvalue weighted by atomic mass is 19.1. The summed E-state index contributed by atoms with van der Waals surface area (Å²) in [5, 5.41) is 3.27. The van der Waals surface area contributed by atoms with Gasteiger partial charge in [0.05, 0.1) is 19.7 Å². The van der Waals surface area contributed by atoms with E-state index in [1.54, 1.807) is 30.3 Å². The fraction of sp³-hybridized carbons (Fsp3) is 0.120. The van der Waals surface area contributed by atoms with Crippen LogP contribution in [0.2, 0.25) is 0 Å². The quantitative estimate of drug-likeness (QED) is 0.416. The van der Waals surface area contributed by atoms with Gasteiger partial charge in [0.15, 0.2) is 23.1 Å².